The van der Waals surface area contributed by atoms with Gasteiger partial charge in [0.25, 0.3) is 14.3 Å². The summed E-state index contributed by atoms with van der Waals surface area (Å²) in [5.74, 6) is 0.683. The van der Waals surface area contributed by atoms with E-state index in [1.165, 1.54) is 5.69 Å². The molecule has 154 valence electrons. The molecule has 1 heterocycles. The summed E-state index contributed by atoms with van der Waals surface area (Å²) in [6.07, 6.45) is 1.68. The van der Waals surface area contributed by atoms with Crippen molar-refractivity contribution in [2.45, 2.75) is 72.0 Å². The van der Waals surface area contributed by atoms with Crippen LogP contribution in [0.4, 0.5) is 5.69 Å². The van der Waals surface area contributed by atoms with Gasteiger partial charge in [-0.2, -0.15) is 0 Å². The molecule has 2 rings (SSSR count). The van der Waals surface area contributed by atoms with Gasteiger partial charge in [0.1, 0.15) is 0 Å². The van der Waals surface area contributed by atoms with Gasteiger partial charge in [-0.15, -0.1) is 0 Å². The van der Waals surface area contributed by atoms with Gasteiger partial charge in [0.2, 0.25) is 0 Å². The Labute approximate surface area is 168 Å². The lowest BCUT2D eigenvalue weighted by Crippen LogP contribution is -2.50. The van der Waals surface area contributed by atoms with E-state index < -0.39 is 8.32 Å². The lowest BCUT2D eigenvalue weighted by atomic mass is 10.3. The minimum absolute atomic E-state index is 0.581. The first-order valence-corrected chi connectivity index (χ1v) is 12.3. The molecule has 2 aromatic rings. The van der Waals surface area contributed by atoms with Crippen LogP contribution in [-0.2, 0) is 0 Å². The minimum Gasteiger partial charge on any atom is -0.518 e. The second kappa shape index (κ2) is 12.7. The van der Waals surface area contributed by atoms with Gasteiger partial charge >= 0.3 is 0 Å². The number of hydrogen-bond donors (Lipinski definition) is 0. The van der Waals surface area contributed by atoms with Crippen LogP contribution in [0.5, 0.6) is 5.95 Å². The summed E-state index contributed by atoms with van der Waals surface area (Å²) in [5, 5.41) is 0. The molecule has 0 spiro atoms. The Morgan fingerprint density at radius 2 is 1.26 bits per heavy atom. The Hall–Kier alpha value is -1.68. The molecule has 0 radical (unpaired) electrons. The largest absolute Gasteiger partial charge is 0.518 e. The molecule has 0 N–H and O–H groups in total. The molecule has 0 aliphatic rings. The maximum Gasteiger partial charge on any atom is 0.270 e. The van der Waals surface area contributed by atoms with Gasteiger partial charge in [0, 0.05) is 25.8 Å². The molecule has 0 bridgehead atoms. The standard InChI is InChI=1S/C13H24O2Si.C8H11N.C2H6/c1-10(2)16(11(3)4,12(5)6)15-13-8-7-9-14-13;1-9(2)8-6-4-3-5-7-8;1-2/h7-12H,1-6H3;3-7H,1-2H3;1-2H3. The topological polar surface area (TPSA) is 25.6 Å². The number of rotatable bonds is 6. The molecule has 0 atom stereocenters. The zero-order valence-electron chi connectivity index (χ0n) is 19.1. The van der Waals surface area contributed by atoms with E-state index in [1.807, 2.05) is 58.3 Å². The Bertz CT molecular complexity index is 556. The molecule has 1 aromatic carbocycles. The highest BCUT2D eigenvalue weighted by Gasteiger charge is 2.47. The average molecular weight is 392 g/mol. The zero-order valence-corrected chi connectivity index (χ0v) is 20.1. The van der Waals surface area contributed by atoms with Crippen LogP contribution in [0, 0.1) is 0 Å². The first-order chi connectivity index (χ1) is 12.7. The molecule has 0 saturated heterocycles. The van der Waals surface area contributed by atoms with Crippen LogP contribution in [0.3, 0.4) is 0 Å². The fourth-order valence-corrected chi connectivity index (χ4v) is 8.75. The molecule has 0 aliphatic carbocycles. The normalized spacial score (nSPS) is 10.9. The van der Waals surface area contributed by atoms with Gasteiger partial charge < -0.3 is 13.7 Å². The lowest BCUT2D eigenvalue weighted by molar-refractivity contribution is 0.358. The second-order valence-electron chi connectivity index (χ2n) is 7.58. The van der Waals surface area contributed by atoms with Crippen molar-refractivity contribution >= 4 is 14.0 Å². The average Bonchev–Trinajstić information content (AvgIpc) is 3.15. The molecule has 4 heteroatoms. The van der Waals surface area contributed by atoms with Gasteiger partial charge in [-0.3, -0.25) is 0 Å². The van der Waals surface area contributed by atoms with Crippen molar-refractivity contribution in [1.82, 2.24) is 0 Å². The van der Waals surface area contributed by atoms with E-state index in [0.29, 0.717) is 22.6 Å². The van der Waals surface area contributed by atoms with E-state index in [-0.39, 0.29) is 0 Å². The molecule has 27 heavy (non-hydrogen) atoms. The summed E-state index contributed by atoms with van der Waals surface area (Å²) in [6.45, 7) is 17.6. The minimum atomic E-state index is -1.83. The van der Waals surface area contributed by atoms with Crippen molar-refractivity contribution in [3.8, 4) is 5.95 Å². The van der Waals surface area contributed by atoms with Crippen LogP contribution >= 0.6 is 0 Å². The van der Waals surface area contributed by atoms with Crippen LogP contribution in [0.25, 0.3) is 0 Å². The third-order valence-corrected chi connectivity index (χ3v) is 10.7. The van der Waals surface area contributed by atoms with Gasteiger partial charge in [-0.05, 0) is 34.8 Å². The molecule has 3 nitrogen and oxygen atoms in total. The van der Waals surface area contributed by atoms with Crippen LogP contribution in [0.15, 0.2) is 53.1 Å². The first kappa shape index (κ1) is 25.3. The number of nitrogens with zero attached hydrogens (tertiary/aromatic N) is 1. The summed E-state index contributed by atoms with van der Waals surface area (Å²) in [5.41, 5.74) is 2.99. The molecule has 0 unspecified atom stereocenters. The highest BCUT2D eigenvalue weighted by molar-refractivity contribution is 6.78. The van der Waals surface area contributed by atoms with Gasteiger partial charge in [0.15, 0.2) is 0 Å². The molecule has 0 amide bonds. The van der Waals surface area contributed by atoms with Gasteiger partial charge in [-0.1, -0.05) is 73.6 Å². The summed E-state index contributed by atoms with van der Waals surface area (Å²) < 4.78 is 11.7. The fourth-order valence-electron chi connectivity index (χ4n) is 3.58. The van der Waals surface area contributed by atoms with Crippen LogP contribution in [0.2, 0.25) is 16.6 Å². The summed E-state index contributed by atoms with van der Waals surface area (Å²) in [6, 6.07) is 14.1. The quantitative estimate of drug-likeness (QED) is 0.474. The molecular formula is C23H41NO2Si. The van der Waals surface area contributed by atoms with E-state index in [2.05, 4.69) is 58.6 Å². The van der Waals surface area contributed by atoms with E-state index in [4.69, 9.17) is 8.84 Å². The van der Waals surface area contributed by atoms with Crippen molar-refractivity contribution in [1.29, 1.82) is 0 Å². The maximum absolute atomic E-state index is 6.30. The molecule has 0 aliphatic heterocycles. The number of benzene rings is 1. The molecule has 0 saturated carbocycles. The Balaban J connectivity index is 0.000000519. The van der Waals surface area contributed by atoms with Crippen LogP contribution in [0.1, 0.15) is 55.4 Å². The monoisotopic (exact) mass is 391 g/mol. The lowest BCUT2D eigenvalue weighted by Gasteiger charge is -2.41. The van der Waals surface area contributed by atoms with E-state index in [1.54, 1.807) is 6.26 Å². The van der Waals surface area contributed by atoms with E-state index in [0.717, 1.165) is 0 Å². The molecule has 0 fully saturated rings. The SMILES string of the molecule is CC.CC(C)[Si](Oc1ccco1)(C(C)C)C(C)C.CN(C)c1ccccc1. The summed E-state index contributed by atoms with van der Waals surface area (Å²) >= 11 is 0. The number of anilines is 1. The predicted molar refractivity (Wildman–Crippen MR) is 123 cm³/mol. The first-order valence-electron chi connectivity index (χ1n) is 10.2. The van der Waals surface area contributed by atoms with E-state index >= 15 is 0 Å². The van der Waals surface area contributed by atoms with Crippen molar-refractivity contribution in [3.05, 3.63) is 48.7 Å². The molecular weight excluding hydrogens is 350 g/mol. The van der Waals surface area contributed by atoms with Crippen LogP contribution < -0.4 is 9.33 Å². The van der Waals surface area contributed by atoms with Gasteiger partial charge in [0.05, 0.1) is 6.26 Å². The van der Waals surface area contributed by atoms with Crippen LogP contribution in [-0.4, -0.2) is 22.4 Å². The third kappa shape index (κ3) is 7.45. The summed E-state index contributed by atoms with van der Waals surface area (Å²) in [4.78, 5) is 2.08. The highest BCUT2D eigenvalue weighted by Crippen LogP contribution is 2.42. The maximum atomic E-state index is 6.30. The smallest absolute Gasteiger partial charge is 0.270 e. The van der Waals surface area contributed by atoms with E-state index in [9.17, 15) is 0 Å². The Morgan fingerprint density at radius 1 is 0.778 bits per heavy atom. The van der Waals surface area contributed by atoms with Crippen molar-refractivity contribution in [2.75, 3.05) is 19.0 Å². The Morgan fingerprint density at radius 3 is 1.56 bits per heavy atom. The fraction of sp³-hybridized carbons (Fsp3) is 0.565. The summed E-state index contributed by atoms with van der Waals surface area (Å²) in [7, 11) is 2.25. The number of para-hydroxylation sites is 1. The zero-order chi connectivity index (χ0) is 21.0. The third-order valence-electron chi connectivity index (χ3n) is 4.75. The Kier molecular flexibility index (Phi) is 11.9. The van der Waals surface area contributed by atoms with Crippen molar-refractivity contribution in [2.24, 2.45) is 0 Å². The highest BCUT2D eigenvalue weighted by atomic mass is 28.4. The van der Waals surface area contributed by atoms with Crippen molar-refractivity contribution < 1.29 is 8.84 Å². The molecule has 1 aromatic heterocycles. The number of furan rings is 1. The van der Waals surface area contributed by atoms with Gasteiger partial charge in [-0.25, -0.2) is 0 Å². The van der Waals surface area contributed by atoms with Crippen molar-refractivity contribution in [3.63, 3.8) is 0 Å². The number of hydrogen-bond acceptors (Lipinski definition) is 3. The second-order valence-corrected chi connectivity index (χ2v) is 13.0. The predicted octanol–water partition coefficient (Wildman–Crippen LogP) is 7.61.